The number of nitrogens with one attached hydrogen (secondary N) is 2. The number of likely N-dealkylation sites (tertiary alicyclic amines) is 1. The lowest BCUT2D eigenvalue weighted by molar-refractivity contribution is -0.126. The number of nitrogens with zero attached hydrogens (tertiary/aromatic N) is 2. The fraction of sp³-hybridized carbons (Fsp3) is 0.667. The van der Waals surface area contributed by atoms with Gasteiger partial charge in [0.2, 0.25) is 5.91 Å². The van der Waals surface area contributed by atoms with Crippen LogP contribution in [0.15, 0.2) is 18.3 Å². The first-order chi connectivity index (χ1) is 11.7. The SMILES string of the molecule is CCNC(=O)[C@@H]1CCCN(C(=O)c2cccn2C2CCNCC2)C1. The first-order valence-corrected chi connectivity index (χ1v) is 9.15. The molecule has 0 saturated carbocycles. The molecule has 6 heteroatoms. The van der Waals surface area contributed by atoms with Crippen LogP contribution >= 0.6 is 0 Å². The van der Waals surface area contributed by atoms with Crippen LogP contribution in [0.5, 0.6) is 0 Å². The van der Waals surface area contributed by atoms with Crippen LogP contribution in [-0.2, 0) is 4.79 Å². The Morgan fingerprint density at radius 3 is 2.83 bits per heavy atom. The number of hydrogen-bond acceptors (Lipinski definition) is 3. The minimum atomic E-state index is -0.0788. The Hall–Kier alpha value is -1.82. The normalized spacial score (nSPS) is 22.4. The van der Waals surface area contributed by atoms with Crippen LogP contribution in [0.1, 0.15) is 49.1 Å². The molecule has 132 valence electrons. The molecule has 24 heavy (non-hydrogen) atoms. The predicted octanol–water partition coefficient (Wildman–Crippen LogP) is 1.40. The molecule has 0 bridgehead atoms. The van der Waals surface area contributed by atoms with Crippen molar-refractivity contribution in [2.45, 2.75) is 38.6 Å². The Labute approximate surface area is 143 Å². The fourth-order valence-electron chi connectivity index (χ4n) is 3.83. The maximum Gasteiger partial charge on any atom is 0.270 e. The molecule has 2 fully saturated rings. The molecule has 1 aromatic rings. The zero-order valence-corrected chi connectivity index (χ0v) is 14.5. The van der Waals surface area contributed by atoms with Crippen LogP contribution in [0.3, 0.4) is 0 Å². The summed E-state index contributed by atoms with van der Waals surface area (Å²) in [4.78, 5) is 27.0. The highest BCUT2D eigenvalue weighted by Gasteiger charge is 2.30. The lowest BCUT2D eigenvalue weighted by Gasteiger charge is -2.33. The van der Waals surface area contributed by atoms with E-state index in [1.807, 2.05) is 30.2 Å². The van der Waals surface area contributed by atoms with E-state index >= 15 is 0 Å². The van der Waals surface area contributed by atoms with Gasteiger partial charge in [-0.15, -0.1) is 0 Å². The van der Waals surface area contributed by atoms with Gasteiger partial charge in [0.25, 0.3) is 5.91 Å². The van der Waals surface area contributed by atoms with Crippen molar-refractivity contribution in [2.24, 2.45) is 5.92 Å². The minimum Gasteiger partial charge on any atom is -0.356 e. The van der Waals surface area contributed by atoms with E-state index in [9.17, 15) is 9.59 Å². The smallest absolute Gasteiger partial charge is 0.270 e. The Morgan fingerprint density at radius 1 is 1.29 bits per heavy atom. The quantitative estimate of drug-likeness (QED) is 0.876. The van der Waals surface area contributed by atoms with Gasteiger partial charge in [0.05, 0.1) is 5.92 Å². The Balaban J connectivity index is 1.70. The lowest BCUT2D eigenvalue weighted by atomic mass is 9.97. The first kappa shape index (κ1) is 17.0. The van der Waals surface area contributed by atoms with Crippen LogP contribution in [0, 0.1) is 5.92 Å². The number of carbonyl (C=O) groups is 2. The maximum atomic E-state index is 13.0. The molecule has 0 aliphatic carbocycles. The van der Waals surface area contributed by atoms with Gasteiger partial charge >= 0.3 is 0 Å². The van der Waals surface area contributed by atoms with Crippen molar-refractivity contribution >= 4 is 11.8 Å². The van der Waals surface area contributed by atoms with Gasteiger partial charge in [-0.2, -0.15) is 0 Å². The van der Waals surface area contributed by atoms with Gasteiger partial charge in [0, 0.05) is 31.9 Å². The molecule has 0 unspecified atom stereocenters. The molecule has 0 aromatic carbocycles. The van der Waals surface area contributed by atoms with Gasteiger partial charge in [0.1, 0.15) is 5.69 Å². The molecule has 2 saturated heterocycles. The molecule has 1 aromatic heterocycles. The zero-order valence-electron chi connectivity index (χ0n) is 14.5. The summed E-state index contributed by atoms with van der Waals surface area (Å²) in [5.41, 5.74) is 0.762. The molecule has 2 amide bonds. The Kier molecular flexibility index (Phi) is 5.56. The second-order valence-electron chi connectivity index (χ2n) is 6.77. The van der Waals surface area contributed by atoms with Crippen LogP contribution < -0.4 is 10.6 Å². The number of amides is 2. The van der Waals surface area contributed by atoms with Crippen LogP contribution in [0.4, 0.5) is 0 Å². The van der Waals surface area contributed by atoms with E-state index in [2.05, 4.69) is 15.2 Å². The molecule has 3 heterocycles. The van der Waals surface area contributed by atoms with E-state index in [1.54, 1.807) is 0 Å². The van der Waals surface area contributed by atoms with E-state index in [0.29, 0.717) is 19.1 Å². The average molecular weight is 332 g/mol. The lowest BCUT2D eigenvalue weighted by Crippen LogP contribution is -2.46. The van der Waals surface area contributed by atoms with E-state index in [1.165, 1.54) is 0 Å². The standard InChI is InChI=1S/C18H28N4O2/c1-2-20-17(23)14-5-3-11-21(13-14)18(24)16-6-4-12-22(16)15-7-9-19-10-8-15/h4,6,12,14-15,19H,2-3,5,7-11,13H2,1H3,(H,20,23)/t14-/m1/s1. The van der Waals surface area contributed by atoms with E-state index < -0.39 is 0 Å². The number of piperidine rings is 2. The molecular weight excluding hydrogens is 304 g/mol. The highest BCUT2D eigenvalue weighted by Crippen LogP contribution is 2.24. The largest absolute Gasteiger partial charge is 0.356 e. The molecule has 2 N–H and O–H groups in total. The second-order valence-corrected chi connectivity index (χ2v) is 6.77. The monoisotopic (exact) mass is 332 g/mol. The third kappa shape index (κ3) is 3.64. The fourth-order valence-corrected chi connectivity index (χ4v) is 3.83. The minimum absolute atomic E-state index is 0.0625. The maximum absolute atomic E-state index is 13.0. The van der Waals surface area contributed by atoms with Crippen LogP contribution in [0.2, 0.25) is 0 Å². The summed E-state index contributed by atoms with van der Waals surface area (Å²) in [6.45, 7) is 5.84. The topological polar surface area (TPSA) is 66.4 Å². The molecule has 2 aliphatic rings. The molecule has 0 radical (unpaired) electrons. The van der Waals surface area contributed by atoms with Crippen molar-refractivity contribution < 1.29 is 9.59 Å². The Bertz CT molecular complexity index is 577. The van der Waals surface area contributed by atoms with Crippen molar-refractivity contribution in [3.05, 3.63) is 24.0 Å². The number of carbonyl (C=O) groups excluding carboxylic acids is 2. The summed E-state index contributed by atoms with van der Waals surface area (Å²) in [5, 5.41) is 6.25. The van der Waals surface area contributed by atoms with Crippen LogP contribution in [-0.4, -0.2) is 54.0 Å². The summed E-state index contributed by atoms with van der Waals surface area (Å²) >= 11 is 0. The van der Waals surface area contributed by atoms with Crippen LogP contribution in [0.25, 0.3) is 0 Å². The molecule has 6 nitrogen and oxygen atoms in total. The Morgan fingerprint density at radius 2 is 2.08 bits per heavy atom. The first-order valence-electron chi connectivity index (χ1n) is 9.15. The average Bonchev–Trinajstić information content (AvgIpc) is 3.12. The third-order valence-corrected chi connectivity index (χ3v) is 5.13. The summed E-state index contributed by atoms with van der Waals surface area (Å²) in [7, 11) is 0. The van der Waals surface area contributed by atoms with Crippen molar-refractivity contribution in [2.75, 3.05) is 32.7 Å². The van der Waals surface area contributed by atoms with Crippen molar-refractivity contribution in [1.82, 2.24) is 20.1 Å². The summed E-state index contributed by atoms with van der Waals surface area (Å²) < 4.78 is 2.14. The number of rotatable bonds is 4. The molecule has 1 atom stereocenters. The summed E-state index contributed by atoms with van der Waals surface area (Å²) in [5.74, 6) is 0.0567. The van der Waals surface area contributed by atoms with E-state index in [4.69, 9.17) is 0 Å². The highest BCUT2D eigenvalue weighted by molar-refractivity contribution is 5.93. The van der Waals surface area contributed by atoms with E-state index in [-0.39, 0.29) is 17.7 Å². The molecular formula is C18H28N4O2. The number of hydrogen-bond donors (Lipinski definition) is 2. The van der Waals surface area contributed by atoms with Gasteiger partial charge in [-0.3, -0.25) is 9.59 Å². The van der Waals surface area contributed by atoms with Crippen molar-refractivity contribution in [1.29, 1.82) is 0 Å². The van der Waals surface area contributed by atoms with Crippen molar-refractivity contribution in [3.63, 3.8) is 0 Å². The molecule has 0 spiro atoms. The van der Waals surface area contributed by atoms with E-state index in [0.717, 1.165) is 51.0 Å². The third-order valence-electron chi connectivity index (χ3n) is 5.13. The summed E-state index contributed by atoms with van der Waals surface area (Å²) in [6.07, 6.45) is 5.88. The number of aromatic nitrogens is 1. The van der Waals surface area contributed by atoms with Crippen molar-refractivity contribution in [3.8, 4) is 0 Å². The van der Waals surface area contributed by atoms with Gasteiger partial charge in [-0.05, 0) is 57.8 Å². The van der Waals surface area contributed by atoms with Gasteiger partial charge in [-0.25, -0.2) is 0 Å². The molecule has 3 rings (SSSR count). The van der Waals surface area contributed by atoms with Gasteiger partial charge in [-0.1, -0.05) is 0 Å². The predicted molar refractivity (Wildman–Crippen MR) is 92.9 cm³/mol. The zero-order chi connectivity index (χ0) is 16.9. The van der Waals surface area contributed by atoms with Gasteiger partial charge in [0.15, 0.2) is 0 Å². The molecule has 2 aliphatic heterocycles. The highest BCUT2D eigenvalue weighted by atomic mass is 16.2. The summed E-state index contributed by atoms with van der Waals surface area (Å²) in [6, 6.07) is 4.27. The van der Waals surface area contributed by atoms with Gasteiger partial charge < -0.3 is 20.1 Å². The second kappa shape index (κ2) is 7.83.